The number of guanidine groups is 1. The van der Waals surface area contributed by atoms with E-state index in [1.165, 1.54) is 13.8 Å². The molecule has 0 aromatic carbocycles. The van der Waals surface area contributed by atoms with E-state index in [0.29, 0.717) is 0 Å². The number of aliphatic hydroxyl groups is 1. The Labute approximate surface area is 183 Å². The van der Waals surface area contributed by atoms with E-state index in [1.54, 1.807) is 0 Å². The lowest BCUT2D eigenvalue weighted by molar-refractivity contribution is -0.143. The molecule has 0 spiro atoms. The lowest BCUT2D eigenvalue weighted by atomic mass is 10.1. The van der Waals surface area contributed by atoms with Crippen LogP contribution in [0, 0.1) is 0 Å². The second kappa shape index (κ2) is 13.8. The number of aliphatic hydroxyl groups excluding tert-OH is 1. The molecule has 12 N–H and O–H groups in total. The summed E-state index contributed by atoms with van der Waals surface area (Å²) < 4.78 is 0. The van der Waals surface area contributed by atoms with E-state index >= 15 is 0 Å². The van der Waals surface area contributed by atoms with Crippen molar-refractivity contribution in [3.8, 4) is 0 Å². The minimum absolute atomic E-state index is 0.0262. The molecule has 0 aliphatic heterocycles. The molecule has 0 radical (unpaired) electrons. The van der Waals surface area contributed by atoms with Gasteiger partial charge in [-0.15, -0.1) is 0 Å². The number of hydrogen-bond acceptors (Lipinski definition) is 8. The van der Waals surface area contributed by atoms with E-state index in [2.05, 4.69) is 20.9 Å². The van der Waals surface area contributed by atoms with Crippen molar-refractivity contribution in [2.45, 2.75) is 63.4 Å². The number of carboxylic acids is 2. The average Bonchev–Trinajstić information content (AvgIpc) is 2.67. The van der Waals surface area contributed by atoms with Crippen molar-refractivity contribution in [2.75, 3.05) is 6.54 Å². The number of hydrogen-bond donors (Lipinski definition) is 9. The standard InChI is InChI=1S/C17H31N7O8/c1-7(16(31)32)22-13(28)9(4-3-5-21-17(19)20)23-14(29)10(6-11(26)27)24-15(30)12(18)8(2)25/h7-10,12,25H,3-6,18H2,1-2H3,(H,22,28)(H,23,29)(H,24,30)(H,26,27)(H,31,32)(H4,19,20,21). The molecule has 3 amide bonds. The third-order valence-electron chi connectivity index (χ3n) is 4.14. The van der Waals surface area contributed by atoms with Gasteiger partial charge in [-0.25, -0.2) is 0 Å². The molecule has 182 valence electrons. The van der Waals surface area contributed by atoms with Gasteiger partial charge < -0.3 is 48.5 Å². The van der Waals surface area contributed by atoms with Gasteiger partial charge in [0.25, 0.3) is 0 Å². The Morgan fingerprint density at radius 3 is 1.91 bits per heavy atom. The van der Waals surface area contributed by atoms with E-state index in [9.17, 15) is 29.1 Å². The fourth-order valence-corrected chi connectivity index (χ4v) is 2.29. The zero-order valence-corrected chi connectivity index (χ0v) is 17.8. The van der Waals surface area contributed by atoms with Gasteiger partial charge >= 0.3 is 11.9 Å². The van der Waals surface area contributed by atoms with Gasteiger partial charge in [0.1, 0.15) is 24.2 Å². The van der Waals surface area contributed by atoms with Crippen LogP contribution in [0.15, 0.2) is 4.99 Å². The van der Waals surface area contributed by atoms with Crippen molar-refractivity contribution in [1.82, 2.24) is 16.0 Å². The third-order valence-corrected chi connectivity index (χ3v) is 4.14. The van der Waals surface area contributed by atoms with Crippen LogP contribution in [0.1, 0.15) is 33.1 Å². The third kappa shape index (κ3) is 11.1. The number of nitrogens with zero attached hydrogens (tertiary/aromatic N) is 1. The molecule has 5 unspecified atom stereocenters. The molecule has 0 aliphatic rings. The molecular weight excluding hydrogens is 430 g/mol. The van der Waals surface area contributed by atoms with Crippen LogP contribution in [-0.4, -0.2) is 87.8 Å². The number of amides is 3. The Kier molecular flexibility index (Phi) is 12.3. The molecule has 15 nitrogen and oxygen atoms in total. The van der Waals surface area contributed by atoms with Gasteiger partial charge in [-0.3, -0.25) is 29.0 Å². The molecule has 0 rings (SSSR count). The lowest BCUT2D eigenvalue weighted by Crippen LogP contribution is -2.58. The summed E-state index contributed by atoms with van der Waals surface area (Å²) in [6, 6.07) is -5.58. The predicted molar refractivity (Wildman–Crippen MR) is 111 cm³/mol. The fourth-order valence-electron chi connectivity index (χ4n) is 2.29. The highest BCUT2D eigenvalue weighted by Gasteiger charge is 2.31. The average molecular weight is 461 g/mol. The summed E-state index contributed by atoms with van der Waals surface area (Å²) in [4.78, 5) is 63.0. The van der Waals surface area contributed by atoms with Crippen LogP contribution in [0.2, 0.25) is 0 Å². The molecule has 0 saturated heterocycles. The Balaban J connectivity index is 5.46. The van der Waals surface area contributed by atoms with E-state index in [-0.39, 0.29) is 25.3 Å². The summed E-state index contributed by atoms with van der Waals surface area (Å²) in [6.45, 7) is 2.55. The lowest BCUT2D eigenvalue weighted by Gasteiger charge is -2.24. The first-order chi connectivity index (χ1) is 14.8. The van der Waals surface area contributed by atoms with Crippen LogP contribution in [0.4, 0.5) is 0 Å². The number of carboxylic acid groups (broad SMARTS) is 2. The van der Waals surface area contributed by atoms with Crippen LogP contribution in [-0.2, 0) is 24.0 Å². The topological polar surface area (TPSA) is 273 Å². The molecule has 0 heterocycles. The molecule has 0 aromatic rings. The highest BCUT2D eigenvalue weighted by Crippen LogP contribution is 2.03. The minimum Gasteiger partial charge on any atom is -0.481 e. The maximum atomic E-state index is 12.6. The normalized spacial score (nSPS) is 15.2. The van der Waals surface area contributed by atoms with Gasteiger partial charge in [0, 0.05) is 6.54 Å². The van der Waals surface area contributed by atoms with Crippen LogP contribution in [0.25, 0.3) is 0 Å². The van der Waals surface area contributed by atoms with Gasteiger partial charge in [-0.05, 0) is 26.7 Å². The monoisotopic (exact) mass is 461 g/mol. The van der Waals surface area contributed by atoms with E-state index in [0.717, 1.165) is 0 Å². The van der Waals surface area contributed by atoms with Crippen molar-refractivity contribution in [3.05, 3.63) is 0 Å². The molecule has 15 heteroatoms. The van der Waals surface area contributed by atoms with Crippen molar-refractivity contribution < 1.29 is 39.3 Å². The largest absolute Gasteiger partial charge is 0.481 e. The molecule has 0 aromatic heterocycles. The van der Waals surface area contributed by atoms with E-state index in [4.69, 9.17) is 27.4 Å². The Hall–Kier alpha value is -3.46. The highest BCUT2D eigenvalue weighted by atomic mass is 16.4. The first kappa shape index (κ1) is 28.5. The quantitative estimate of drug-likeness (QED) is 0.0679. The molecule has 0 fully saturated rings. The summed E-state index contributed by atoms with van der Waals surface area (Å²) in [7, 11) is 0. The van der Waals surface area contributed by atoms with Crippen LogP contribution in [0.3, 0.4) is 0 Å². The SMILES string of the molecule is CC(NC(=O)C(CCCN=C(N)N)NC(=O)C(CC(=O)O)NC(=O)C(N)C(C)O)C(=O)O. The van der Waals surface area contributed by atoms with Crippen molar-refractivity contribution in [1.29, 1.82) is 0 Å². The predicted octanol–water partition coefficient (Wildman–Crippen LogP) is -4.22. The molecular formula is C17H31N7O8. The van der Waals surface area contributed by atoms with Crippen molar-refractivity contribution in [2.24, 2.45) is 22.2 Å². The zero-order valence-electron chi connectivity index (χ0n) is 17.8. The van der Waals surface area contributed by atoms with Crippen LogP contribution < -0.4 is 33.2 Å². The fraction of sp³-hybridized carbons (Fsp3) is 0.647. The number of carbonyl (C=O) groups excluding carboxylic acids is 3. The zero-order chi connectivity index (χ0) is 25.0. The van der Waals surface area contributed by atoms with Crippen LogP contribution in [0.5, 0.6) is 0 Å². The minimum atomic E-state index is -1.62. The van der Waals surface area contributed by atoms with E-state index < -0.39 is 66.4 Å². The number of aliphatic carboxylic acids is 2. The molecule has 0 bridgehead atoms. The maximum absolute atomic E-state index is 12.6. The Morgan fingerprint density at radius 1 is 0.906 bits per heavy atom. The number of nitrogens with two attached hydrogens (primary N) is 3. The second-order valence-corrected chi connectivity index (χ2v) is 7.00. The van der Waals surface area contributed by atoms with Gasteiger partial charge in [-0.1, -0.05) is 0 Å². The van der Waals surface area contributed by atoms with Gasteiger partial charge in [-0.2, -0.15) is 0 Å². The van der Waals surface area contributed by atoms with Crippen molar-refractivity contribution >= 4 is 35.6 Å². The Morgan fingerprint density at radius 2 is 1.44 bits per heavy atom. The number of carbonyl (C=O) groups is 5. The summed E-state index contributed by atoms with van der Waals surface area (Å²) in [5, 5.41) is 34.0. The molecule has 0 aliphatic carbocycles. The number of rotatable bonds is 14. The number of aliphatic imine (C=N–C) groups is 1. The van der Waals surface area contributed by atoms with Gasteiger partial charge in [0.15, 0.2) is 5.96 Å². The molecule has 32 heavy (non-hydrogen) atoms. The van der Waals surface area contributed by atoms with Gasteiger partial charge in [0.2, 0.25) is 17.7 Å². The molecule has 0 saturated carbocycles. The number of nitrogens with one attached hydrogen (secondary N) is 3. The maximum Gasteiger partial charge on any atom is 0.325 e. The Bertz CT molecular complexity index is 724. The van der Waals surface area contributed by atoms with Gasteiger partial charge in [0.05, 0.1) is 12.5 Å². The molecule has 5 atom stereocenters. The summed E-state index contributed by atoms with van der Waals surface area (Å²) in [6.07, 6.45) is -1.92. The highest BCUT2D eigenvalue weighted by molar-refractivity contribution is 5.95. The first-order valence-electron chi connectivity index (χ1n) is 9.61. The van der Waals surface area contributed by atoms with E-state index in [1.807, 2.05) is 0 Å². The summed E-state index contributed by atoms with van der Waals surface area (Å²) in [5.41, 5.74) is 15.9. The first-order valence-corrected chi connectivity index (χ1v) is 9.61. The second-order valence-electron chi connectivity index (χ2n) is 7.00. The smallest absolute Gasteiger partial charge is 0.325 e. The van der Waals surface area contributed by atoms with Crippen LogP contribution >= 0.6 is 0 Å². The summed E-state index contributed by atoms with van der Waals surface area (Å²) in [5.74, 6) is -5.78. The van der Waals surface area contributed by atoms with Crippen molar-refractivity contribution in [3.63, 3.8) is 0 Å². The summed E-state index contributed by atoms with van der Waals surface area (Å²) >= 11 is 0.